The van der Waals surface area contributed by atoms with E-state index in [2.05, 4.69) is 41.9 Å². The molecule has 23 nitrogen and oxygen atoms in total. The Morgan fingerprint density at radius 2 is 1.60 bits per heavy atom. The Labute approximate surface area is 363 Å². The van der Waals surface area contributed by atoms with Gasteiger partial charge in [0, 0.05) is 43.5 Å². The number of hydrogen-bond acceptors (Lipinski definition) is 15. The zero-order valence-electron chi connectivity index (χ0n) is 35.2. The average Bonchev–Trinajstić information content (AvgIpc) is 3.84. The van der Waals surface area contributed by atoms with Crippen molar-refractivity contribution in [3.8, 4) is 0 Å². The molecule has 346 valence electrons. The van der Waals surface area contributed by atoms with Crippen molar-refractivity contribution in [2.45, 2.75) is 114 Å². The van der Waals surface area contributed by atoms with Crippen LogP contribution in [0.1, 0.15) is 77.3 Å². The number of nitrogens with two attached hydrogens (primary N) is 3. The summed E-state index contributed by atoms with van der Waals surface area (Å²) >= 11 is 1.09. The molecule has 0 saturated carbocycles. The predicted molar refractivity (Wildman–Crippen MR) is 225 cm³/mol. The number of aliphatic hydroxyl groups excluding tert-OH is 1. The highest BCUT2D eigenvalue weighted by Crippen LogP contribution is 2.26. The minimum atomic E-state index is -1.54. The third kappa shape index (κ3) is 19.1. The summed E-state index contributed by atoms with van der Waals surface area (Å²) in [5.41, 5.74) is 17.3. The first-order valence-corrected chi connectivity index (χ1v) is 21.5. The highest BCUT2D eigenvalue weighted by atomic mass is 32.2. The molecule has 2 rings (SSSR count). The number of unbranched alkanes of at least 4 members (excludes halogenated alkanes) is 3. The summed E-state index contributed by atoms with van der Waals surface area (Å²) in [4.78, 5) is 133. The van der Waals surface area contributed by atoms with Gasteiger partial charge in [-0.1, -0.05) is 20.3 Å². The van der Waals surface area contributed by atoms with Crippen molar-refractivity contribution in [2.24, 2.45) is 23.1 Å². The van der Waals surface area contributed by atoms with E-state index in [9.17, 15) is 53.1 Å². The van der Waals surface area contributed by atoms with Gasteiger partial charge < -0.3 is 64.0 Å². The number of aromatic nitrogens is 2. The maximum atomic E-state index is 13.4. The second-order valence-electron chi connectivity index (χ2n) is 15.1. The van der Waals surface area contributed by atoms with E-state index in [4.69, 9.17) is 17.2 Å². The Morgan fingerprint density at radius 1 is 0.903 bits per heavy atom. The normalized spacial score (nSPS) is 16.1. The smallest absolute Gasteiger partial charge is 0.245 e. The second-order valence-corrected chi connectivity index (χ2v) is 16.3. The molecule has 1 aromatic heterocycles. The van der Waals surface area contributed by atoms with Crippen LogP contribution in [0.15, 0.2) is 12.5 Å². The zero-order chi connectivity index (χ0) is 46.2. The standard InChI is InChI=1S/C38H62N12O11S/c1-22(2)14-26(33(41)56)48-36(59)25(8-5-6-10-39)46-31(54)18-44-35(58)28(19-52)49-37(60)27(15-23-17-42-21-45-23)47-30(53)9-4-3-7-12-50-32(55)16-29(38(50)61)62-20-24(40)34(57)43-11-13-51/h13,17,21-22,24-29,52H,3-12,14-16,18-20,39-40H2,1-2H3,(H2,41,56)(H,42,45)(H,43,57)(H,44,58)(H,46,54)(H,47,53)(H,48,59)(H,49,60)/t24-,25+,26+,27+,28+,29?/m1/s1. The number of imide groups is 1. The van der Waals surface area contributed by atoms with Gasteiger partial charge in [0.05, 0.1) is 37.3 Å². The fourth-order valence-electron chi connectivity index (χ4n) is 6.16. The number of carbonyl (C=O) groups excluding carboxylic acids is 10. The van der Waals surface area contributed by atoms with Crippen LogP contribution in [0.4, 0.5) is 0 Å². The molecule has 24 heteroatoms. The quantitative estimate of drug-likeness (QED) is 0.0191. The largest absolute Gasteiger partial charge is 0.394 e. The molecule has 1 aliphatic heterocycles. The van der Waals surface area contributed by atoms with Crippen LogP contribution in [0.2, 0.25) is 0 Å². The molecule has 9 amide bonds. The fraction of sp³-hybridized carbons (Fsp3) is 0.658. The number of rotatable bonds is 31. The predicted octanol–water partition coefficient (Wildman–Crippen LogP) is -4.28. The van der Waals surface area contributed by atoms with Crippen molar-refractivity contribution < 1.29 is 53.1 Å². The fourth-order valence-corrected chi connectivity index (χ4v) is 7.29. The number of primary amides is 1. The van der Waals surface area contributed by atoms with E-state index in [-0.39, 0.29) is 62.8 Å². The summed E-state index contributed by atoms with van der Waals surface area (Å²) in [6.45, 7) is 2.49. The molecule has 0 spiro atoms. The Bertz CT molecular complexity index is 1680. The first kappa shape index (κ1) is 52.7. The first-order chi connectivity index (χ1) is 29.5. The van der Waals surface area contributed by atoms with Crippen LogP contribution >= 0.6 is 11.8 Å². The number of nitrogens with zero attached hydrogens (tertiary/aromatic N) is 2. The van der Waals surface area contributed by atoms with Crippen molar-refractivity contribution in [1.82, 2.24) is 46.8 Å². The number of thioether (sulfide) groups is 1. The third-order valence-corrected chi connectivity index (χ3v) is 10.8. The van der Waals surface area contributed by atoms with Gasteiger partial charge in [0.15, 0.2) is 0 Å². The summed E-state index contributed by atoms with van der Waals surface area (Å²) in [5.74, 6) is -5.60. The van der Waals surface area contributed by atoms with Gasteiger partial charge in [-0.25, -0.2) is 4.98 Å². The molecule has 6 atom stereocenters. The van der Waals surface area contributed by atoms with Gasteiger partial charge >= 0.3 is 0 Å². The van der Waals surface area contributed by atoms with Crippen LogP contribution in [0, 0.1) is 5.92 Å². The maximum absolute atomic E-state index is 13.4. The number of hydrogen-bond donors (Lipinski definition) is 11. The molecule has 1 fully saturated rings. The number of aromatic amines is 1. The second kappa shape index (κ2) is 28.2. The number of aldehydes is 1. The number of aliphatic hydroxyl groups is 1. The molecule has 0 aromatic carbocycles. The lowest BCUT2D eigenvalue weighted by atomic mass is 10.0. The Balaban J connectivity index is 1.90. The SMILES string of the molecule is CC(C)C[C@H](NC(=O)[C@H](CCCCN)NC(=O)CNC(=O)[C@H](CO)NC(=O)[C@H](Cc1cnc[nH]1)NC(=O)CCCCCN1C(=O)CC(SC[C@@H](N)C(=O)NCC=O)C1=O)C(N)=O. The van der Waals surface area contributed by atoms with E-state index in [1.165, 1.54) is 12.5 Å². The van der Waals surface area contributed by atoms with E-state index < -0.39 is 95.9 Å². The molecule has 0 bridgehead atoms. The Morgan fingerprint density at radius 3 is 2.23 bits per heavy atom. The summed E-state index contributed by atoms with van der Waals surface area (Å²) in [5, 5.41) is 24.1. The lowest BCUT2D eigenvalue weighted by molar-refractivity contribution is -0.138. The summed E-state index contributed by atoms with van der Waals surface area (Å²) in [6, 6.07) is -5.76. The summed E-state index contributed by atoms with van der Waals surface area (Å²) in [7, 11) is 0. The monoisotopic (exact) mass is 894 g/mol. The van der Waals surface area contributed by atoms with Crippen LogP contribution in [-0.2, 0) is 54.4 Å². The number of imidazole rings is 1. The Hall–Kier alpha value is -5.46. The van der Waals surface area contributed by atoms with Gasteiger partial charge in [-0.2, -0.15) is 0 Å². The van der Waals surface area contributed by atoms with Crippen molar-refractivity contribution in [3.63, 3.8) is 0 Å². The molecule has 1 unspecified atom stereocenters. The minimum absolute atomic E-state index is 0.0254. The molecule has 0 radical (unpaired) electrons. The lowest BCUT2D eigenvalue weighted by Gasteiger charge is -2.23. The van der Waals surface area contributed by atoms with Crippen LogP contribution in [0.5, 0.6) is 0 Å². The van der Waals surface area contributed by atoms with Crippen molar-refractivity contribution >= 4 is 71.2 Å². The average molecular weight is 895 g/mol. The lowest BCUT2D eigenvalue weighted by Crippen LogP contribution is -2.57. The molecule has 2 heterocycles. The topological polar surface area (TPSA) is 373 Å². The highest BCUT2D eigenvalue weighted by Gasteiger charge is 2.39. The van der Waals surface area contributed by atoms with E-state index in [0.717, 1.165) is 16.7 Å². The van der Waals surface area contributed by atoms with Crippen molar-refractivity contribution in [3.05, 3.63) is 18.2 Å². The van der Waals surface area contributed by atoms with Gasteiger partial charge in [0.25, 0.3) is 0 Å². The van der Waals surface area contributed by atoms with Gasteiger partial charge in [0.1, 0.15) is 30.5 Å². The summed E-state index contributed by atoms with van der Waals surface area (Å²) in [6.07, 6.45) is 5.88. The van der Waals surface area contributed by atoms with Crippen molar-refractivity contribution in [2.75, 3.05) is 38.5 Å². The number of likely N-dealkylation sites (tertiary alicyclic amines) is 1. The van der Waals surface area contributed by atoms with Crippen LogP contribution in [0.3, 0.4) is 0 Å². The van der Waals surface area contributed by atoms with Crippen LogP contribution in [-0.4, -0.2) is 153 Å². The molecular weight excluding hydrogens is 833 g/mol. The first-order valence-electron chi connectivity index (χ1n) is 20.5. The van der Waals surface area contributed by atoms with E-state index in [1.807, 2.05) is 13.8 Å². The van der Waals surface area contributed by atoms with Gasteiger partial charge in [-0.15, -0.1) is 11.8 Å². The van der Waals surface area contributed by atoms with E-state index in [1.54, 1.807) is 0 Å². The molecule has 62 heavy (non-hydrogen) atoms. The molecule has 1 aliphatic rings. The number of amides is 9. The number of H-pyrrole nitrogens is 1. The molecule has 1 saturated heterocycles. The number of carbonyl (C=O) groups is 10. The van der Waals surface area contributed by atoms with Crippen LogP contribution in [0.25, 0.3) is 0 Å². The number of nitrogens with one attached hydrogen (secondary N) is 7. The molecule has 1 aromatic rings. The van der Waals surface area contributed by atoms with E-state index in [0.29, 0.717) is 50.6 Å². The maximum Gasteiger partial charge on any atom is 0.245 e. The molecule has 0 aliphatic carbocycles. The van der Waals surface area contributed by atoms with Crippen molar-refractivity contribution in [1.29, 1.82) is 0 Å². The van der Waals surface area contributed by atoms with E-state index >= 15 is 0 Å². The summed E-state index contributed by atoms with van der Waals surface area (Å²) < 4.78 is 0. The molecular formula is C38H62N12O11S. The highest BCUT2D eigenvalue weighted by molar-refractivity contribution is 8.00. The Kier molecular flexibility index (Phi) is 24.0. The minimum Gasteiger partial charge on any atom is -0.394 e. The molecule has 14 N–H and O–H groups in total. The zero-order valence-corrected chi connectivity index (χ0v) is 36.0. The van der Waals surface area contributed by atoms with Gasteiger partial charge in [0.2, 0.25) is 53.2 Å². The van der Waals surface area contributed by atoms with Gasteiger partial charge in [-0.05, 0) is 51.0 Å². The van der Waals surface area contributed by atoms with Gasteiger partial charge in [-0.3, -0.25) is 48.1 Å². The third-order valence-electron chi connectivity index (χ3n) is 9.50. The van der Waals surface area contributed by atoms with Crippen LogP contribution < -0.4 is 49.1 Å².